The van der Waals surface area contributed by atoms with Crippen molar-refractivity contribution in [1.82, 2.24) is 24.8 Å². The first kappa shape index (κ1) is 27.4. The van der Waals surface area contributed by atoms with Crippen molar-refractivity contribution in [3.8, 4) is 0 Å². The predicted octanol–water partition coefficient (Wildman–Crippen LogP) is 6.55. The van der Waals surface area contributed by atoms with E-state index in [-0.39, 0.29) is 6.09 Å². The largest absolute Gasteiger partial charge is 0.444 e. The maximum atomic E-state index is 12.2. The molecular formula is C26H26BrCl2N5O3. The highest BCUT2D eigenvalue weighted by atomic mass is 79.9. The Bertz CT molecular complexity index is 1440. The van der Waals surface area contributed by atoms with Crippen LogP contribution in [0.25, 0.3) is 22.1 Å². The number of hydrogen-bond donors (Lipinski definition) is 1. The standard InChI is InChI=1S/C18H22ClN3O3.C8H4BrClN2/c1-17(2,3)25-16(23)22-8-5-18(24,6-9-22)12-10-14-15(21-11-12)13(19)4-7-20-14;9-5-3-7-8(12-4-5)6(10)1-2-11-7/h4,7,10-11,24H,5-6,8-9H2,1-3H3;1-4H. The van der Waals surface area contributed by atoms with Crippen molar-refractivity contribution in [3.63, 3.8) is 0 Å². The van der Waals surface area contributed by atoms with Crippen molar-refractivity contribution in [2.75, 3.05) is 13.1 Å². The number of hydrogen-bond acceptors (Lipinski definition) is 7. The normalized spacial score (nSPS) is 15.3. The third kappa shape index (κ3) is 6.65. The van der Waals surface area contributed by atoms with Crippen LogP contribution in [0.1, 0.15) is 39.2 Å². The number of aromatic nitrogens is 4. The van der Waals surface area contributed by atoms with E-state index in [1.54, 1.807) is 41.8 Å². The van der Waals surface area contributed by atoms with Crippen LogP contribution in [-0.2, 0) is 10.3 Å². The quantitative estimate of drug-likeness (QED) is 0.262. The van der Waals surface area contributed by atoms with Gasteiger partial charge in [0.1, 0.15) is 16.6 Å². The molecule has 4 aromatic heterocycles. The summed E-state index contributed by atoms with van der Waals surface area (Å²) in [5.74, 6) is 0. The molecule has 5 rings (SSSR count). The molecule has 0 bridgehead atoms. The lowest BCUT2D eigenvalue weighted by Gasteiger charge is -2.38. The number of ether oxygens (including phenoxy) is 1. The van der Waals surface area contributed by atoms with Crippen LogP contribution in [0.3, 0.4) is 0 Å². The van der Waals surface area contributed by atoms with Gasteiger partial charge in [0.25, 0.3) is 0 Å². The summed E-state index contributed by atoms with van der Waals surface area (Å²) >= 11 is 15.3. The van der Waals surface area contributed by atoms with Gasteiger partial charge in [0.2, 0.25) is 0 Å². The van der Waals surface area contributed by atoms with E-state index < -0.39 is 11.2 Å². The Hall–Kier alpha value is -2.59. The molecule has 0 atom stereocenters. The van der Waals surface area contributed by atoms with Crippen LogP contribution < -0.4 is 0 Å². The van der Waals surface area contributed by atoms with Gasteiger partial charge in [-0.15, -0.1) is 0 Å². The summed E-state index contributed by atoms with van der Waals surface area (Å²) in [5.41, 5.74) is 1.93. The van der Waals surface area contributed by atoms with Crippen LogP contribution in [0, 0.1) is 0 Å². The van der Waals surface area contributed by atoms with Crippen molar-refractivity contribution in [1.29, 1.82) is 0 Å². The fraction of sp³-hybridized carbons (Fsp3) is 0.346. The molecule has 0 spiro atoms. The summed E-state index contributed by atoms with van der Waals surface area (Å²) in [6.45, 7) is 6.36. The lowest BCUT2D eigenvalue weighted by Crippen LogP contribution is -2.46. The number of fused-ring (bicyclic) bond motifs is 2. The molecule has 4 aromatic rings. The molecule has 8 nitrogen and oxygen atoms in total. The Balaban J connectivity index is 0.000000222. The van der Waals surface area contributed by atoms with Crippen LogP contribution in [-0.4, -0.2) is 54.7 Å². The topological polar surface area (TPSA) is 101 Å². The van der Waals surface area contributed by atoms with Gasteiger partial charge in [-0.25, -0.2) is 4.79 Å². The second-order valence-electron chi connectivity index (χ2n) is 9.70. The molecule has 0 unspecified atom stereocenters. The van der Waals surface area contributed by atoms with Gasteiger partial charge in [-0.05, 0) is 73.8 Å². The van der Waals surface area contributed by atoms with Crippen LogP contribution >= 0.6 is 39.1 Å². The summed E-state index contributed by atoms with van der Waals surface area (Å²) in [7, 11) is 0. The van der Waals surface area contributed by atoms with Crippen molar-refractivity contribution >= 4 is 67.3 Å². The summed E-state index contributed by atoms with van der Waals surface area (Å²) in [4.78, 5) is 30.7. The highest BCUT2D eigenvalue weighted by molar-refractivity contribution is 9.10. The van der Waals surface area contributed by atoms with Crippen LogP contribution in [0.5, 0.6) is 0 Å². The molecule has 0 aromatic carbocycles. The van der Waals surface area contributed by atoms with Gasteiger partial charge >= 0.3 is 6.09 Å². The number of nitrogens with zero attached hydrogens (tertiary/aromatic N) is 5. The van der Waals surface area contributed by atoms with Gasteiger partial charge in [0.15, 0.2) is 0 Å². The number of aliphatic hydroxyl groups is 1. The number of pyridine rings is 4. The highest BCUT2D eigenvalue weighted by Crippen LogP contribution is 2.34. The molecule has 11 heteroatoms. The molecule has 1 aliphatic heterocycles. The minimum Gasteiger partial charge on any atom is -0.444 e. The summed E-state index contributed by atoms with van der Waals surface area (Å²) < 4.78 is 6.30. The average molecular weight is 607 g/mol. The van der Waals surface area contributed by atoms with E-state index in [1.165, 1.54) is 0 Å². The van der Waals surface area contributed by atoms with Crippen LogP contribution in [0.15, 0.2) is 53.5 Å². The third-order valence-electron chi connectivity index (χ3n) is 5.80. The summed E-state index contributed by atoms with van der Waals surface area (Å²) in [6, 6.07) is 7.11. The lowest BCUT2D eigenvalue weighted by molar-refractivity contribution is -0.0357. The number of amides is 1. The minimum absolute atomic E-state index is 0.348. The van der Waals surface area contributed by atoms with E-state index >= 15 is 0 Å². The Morgan fingerprint density at radius 3 is 2.08 bits per heavy atom. The number of carbonyl (C=O) groups is 1. The second kappa shape index (κ2) is 11.0. The first-order valence-electron chi connectivity index (χ1n) is 11.6. The molecular weight excluding hydrogens is 581 g/mol. The zero-order chi connectivity index (χ0) is 26.8. The fourth-order valence-corrected chi connectivity index (χ4v) is 4.62. The lowest BCUT2D eigenvalue weighted by atomic mass is 9.85. The molecule has 0 aliphatic carbocycles. The number of likely N-dealkylation sites (tertiary alicyclic amines) is 1. The smallest absolute Gasteiger partial charge is 0.410 e. The van der Waals surface area contributed by atoms with E-state index in [9.17, 15) is 9.90 Å². The Labute approximate surface area is 233 Å². The van der Waals surface area contributed by atoms with Gasteiger partial charge < -0.3 is 14.7 Å². The molecule has 194 valence electrons. The van der Waals surface area contributed by atoms with Gasteiger partial charge in [0.05, 0.1) is 26.7 Å². The van der Waals surface area contributed by atoms with E-state index in [0.717, 1.165) is 15.5 Å². The molecule has 1 aliphatic rings. The highest BCUT2D eigenvalue weighted by Gasteiger charge is 2.37. The van der Waals surface area contributed by atoms with Crippen molar-refractivity contribution < 1.29 is 14.6 Å². The first-order chi connectivity index (χ1) is 17.4. The van der Waals surface area contributed by atoms with E-state index in [1.807, 2.05) is 32.9 Å². The average Bonchev–Trinajstić information content (AvgIpc) is 2.84. The zero-order valence-corrected chi connectivity index (χ0v) is 23.7. The molecule has 1 saturated heterocycles. The number of halogens is 3. The van der Waals surface area contributed by atoms with Gasteiger partial charge in [-0.2, -0.15) is 0 Å². The predicted molar refractivity (Wildman–Crippen MR) is 148 cm³/mol. The molecule has 0 radical (unpaired) electrons. The van der Waals surface area contributed by atoms with Gasteiger partial charge in [-0.3, -0.25) is 19.9 Å². The maximum Gasteiger partial charge on any atom is 0.410 e. The Morgan fingerprint density at radius 2 is 1.51 bits per heavy atom. The van der Waals surface area contributed by atoms with Crippen LogP contribution in [0.4, 0.5) is 4.79 Å². The molecule has 5 heterocycles. The molecule has 1 fully saturated rings. The van der Waals surface area contributed by atoms with Crippen molar-refractivity contribution in [2.45, 2.75) is 44.8 Å². The van der Waals surface area contributed by atoms with Gasteiger partial charge in [0, 0.05) is 47.9 Å². The van der Waals surface area contributed by atoms with Crippen molar-refractivity contribution in [3.05, 3.63) is 69.1 Å². The summed E-state index contributed by atoms with van der Waals surface area (Å²) in [6.07, 6.45) is 7.11. The van der Waals surface area contributed by atoms with Crippen molar-refractivity contribution in [2.24, 2.45) is 0 Å². The minimum atomic E-state index is -1.04. The van der Waals surface area contributed by atoms with E-state index in [0.29, 0.717) is 52.6 Å². The second-order valence-corrected chi connectivity index (χ2v) is 11.4. The monoisotopic (exact) mass is 605 g/mol. The SMILES string of the molecule is CC(C)(C)OC(=O)N1CCC(O)(c2cnc3c(Cl)ccnc3c2)CC1.Clc1ccnc2cc(Br)cnc12. The number of rotatable bonds is 1. The van der Waals surface area contributed by atoms with E-state index in [2.05, 4.69) is 35.9 Å². The molecule has 1 N–H and O–H groups in total. The third-order valence-corrected chi connectivity index (χ3v) is 6.85. The number of carbonyl (C=O) groups excluding carboxylic acids is 1. The molecule has 0 saturated carbocycles. The summed E-state index contributed by atoms with van der Waals surface area (Å²) in [5, 5.41) is 12.2. The first-order valence-corrected chi connectivity index (χ1v) is 13.2. The zero-order valence-electron chi connectivity index (χ0n) is 20.6. The van der Waals surface area contributed by atoms with E-state index in [4.69, 9.17) is 27.9 Å². The molecule has 1 amide bonds. The number of piperidine rings is 1. The van der Waals surface area contributed by atoms with Gasteiger partial charge in [-0.1, -0.05) is 23.2 Å². The van der Waals surface area contributed by atoms with Crippen LogP contribution in [0.2, 0.25) is 10.0 Å². The maximum absolute atomic E-state index is 12.2. The Morgan fingerprint density at radius 1 is 0.973 bits per heavy atom. The Kier molecular flexibility index (Phi) is 8.18. The molecule has 37 heavy (non-hydrogen) atoms. The fourth-order valence-electron chi connectivity index (χ4n) is 3.90.